The molecule has 0 radical (unpaired) electrons. The van der Waals surface area contributed by atoms with Gasteiger partial charge in [0.1, 0.15) is 5.75 Å². The van der Waals surface area contributed by atoms with Crippen LogP contribution in [0, 0.1) is 0 Å². The molecular weight excluding hydrogens is 388 g/mol. The molecule has 5 heteroatoms. The normalized spacial score (nSPS) is 10.6. The van der Waals surface area contributed by atoms with E-state index in [0.29, 0.717) is 29.5 Å². The number of nitrogens with zero attached hydrogens (tertiary/aromatic N) is 1. The highest BCUT2D eigenvalue weighted by molar-refractivity contribution is 6.03. The number of anilines is 1. The third-order valence-corrected chi connectivity index (χ3v) is 4.96. The lowest BCUT2D eigenvalue weighted by atomic mass is 10.0. The predicted octanol–water partition coefficient (Wildman–Crippen LogP) is 5.10. The minimum absolute atomic E-state index is 0.136. The van der Waals surface area contributed by atoms with Crippen LogP contribution in [0.4, 0.5) is 5.69 Å². The highest BCUT2D eigenvalue weighted by atomic mass is 16.5. The van der Waals surface area contributed by atoms with Crippen LogP contribution in [0.3, 0.4) is 0 Å². The van der Waals surface area contributed by atoms with E-state index >= 15 is 0 Å². The second kappa shape index (κ2) is 10.4. The molecule has 0 aliphatic rings. The van der Waals surface area contributed by atoms with Gasteiger partial charge in [-0.1, -0.05) is 68.4 Å². The van der Waals surface area contributed by atoms with Crippen molar-refractivity contribution in [3.8, 4) is 5.75 Å². The number of nitrogens with one attached hydrogen (secondary N) is 1. The Hall–Kier alpha value is -3.60. The van der Waals surface area contributed by atoms with Gasteiger partial charge in [0.25, 0.3) is 11.8 Å². The molecule has 0 aromatic heterocycles. The molecule has 0 saturated heterocycles. The van der Waals surface area contributed by atoms with Gasteiger partial charge in [-0.25, -0.2) is 0 Å². The number of benzene rings is 3. The molecule has 31 heavy (non-hydrogen) atoms. The van der Waals surface area contributed by atoms with Crippen LogP contribution >= 0.6 is 0 Å². The number of hydrogen-bond donors (Lipinski definition) is 1. The quantitative estimate of drug-likeness (QED) is 0.556. The molecule has 5 nitrogen and oxygen atoms in total. The van der Waals surface area contributed by atoms with Gasteiger partial charge in [0, 0.05) is 13.6 Å². The van der Waals surface area contributed by atoms with Crippen molar-refractivity contribution in [3.63, 3.8) is 0 Å². The number of hydrogen-bond acceptors (Lipinski definition) is 3. The van der Waals surface area contributed by atoms with Gasteiger partial charge in [-0.3, -0.25) is 9.59 Å². The Morgan fingerprint density at radius 2 is 1.55 bits per heavy atom. The highest BCUT2D eigenvalue weighted by Crippen LogP contribution is 2.20. The summed E-state index contributed by atoms with van der Waals surface area (Å²) < 4.78 is 5.59. The van der Waals surface area contributed by atoms with Crippen LogP contribution in [-0.2, 0) is 11.3 Å². The second-order valence-electron chi connectivity index (χ2n) is 7.75. The van der Waals surface area contributed by atoms with Crippen molar-refractivity contribution in [1.82, 2.24) is 4.90 Å². The Bertz CT molecular complexity index is 1010. The molecule has 0 spiro atoms. The van der Waals surface area contributed by atoms with Gasteiger partial charge >= 0.3 is 0 Å². The Morgan fingerprint density at radius 3 is 2.23 bits per heavy atom. The van der Waals surface area contributed by atoms with Crippen LogP contribution in [0.25, 0.3) is 0 Å². The molecule has 0 unspecified atom stereocenters. The fourth-order valence-corrected chi connectivity index (χ4v) is 3.20. The van der Waals surface area contributed by atoms with Crippen LogP contribution in [0.2, 0.25) is 0 Å². The molecule has 2 amide bonds. The molecule has 3 rings (SSSR count). The lowest BCUT2D eigenvalue weighted by Crippen LogP contribution is -2.28. The molecule has 1 N–H and O–H groups in total. The van der Waals surface area contributed by atoms with Gasteiger partial charge in [-0.15, -0.1) is 0 Å². The molecule has 3 aromatic carbocycles. The van der Waals surface area contributed by atoms with E-state index in [0.717, 1.165) is 5.56 Å². The molecule has 0 bridgehead atoms. The molecular formula is C26H28N2O3. The van der Waals surface area contributed by atoms with E-state index < -0.39 is 0 Å². The van der Waals surface area contributed by atoms with Crippen molar-refractivity contribution < 1.29 is 14.3 Å². The number of carbonyl (C=O) groups is 2. The largest absolute Gasteiger partial charge is 0.484 e. The summed E-state index contributed by atoms with van der Waals surface area (Å²) in [5.41, 5.74) is 3.16. The van der Waals surface area contributed by atoms with Crippen LogP contribution < -0.4 is 10.1 Å². The Kier molecular flexibility index (Phi) is 7.44. The lowest BCUT2D eigenvalue weighted by molar-refractivity contribution is -0.118. The van der Waals surface area contributed by atoms with Crippen LogP contribution in [0.1, 0.15) is 41.3 Å². The third-order valence-electron chi connectivity index (χ3n) is 4.96. The zero-order chi connectivity index (χ0) is 22.2. The minimum Gasteiger partial charge on any atom is -0.484 e. The number of ether oxygens (including phenoxy) is 1. The van der Waals surface area contributed by atoms with E-state index in [1.165, 1.54) is 5.56 Å². The summed E-state index contributed by atoms with van der Waals surface area (Å²) in [7, 11) is 1.75. The number of amides is 2. The average Bonchev–Trinajstić information content (AvgIpc) is 2.78. The molecule has 0 heterocycles. The van der Waals surface area contributed by atoms with E-state index in [1.807, 2.05) is 54.6 Å². The number of rotatable bonds is 8. The van der Waals surface area contributed by atoms with Gasteiger partial charge < -0.3 is 15.0 Å². The van der Waals surface area contributed by atoms with E-state index in [4.69, 9.17) is 4.74 Å². The first-order valence-corrected chi connectivity index (χ1v) is 10.3. The highest BCUT2D eigenvalue weighted by Gasteiger charge is 2.17. The smallest absolute Gasteiger partial charge is 0.262 e. The maximum atomic E-state index is 13.0. The van der Waals surface area contributed by atoms with Gasteiger partial charge in [-0.05, 0) is 41.3 Å². The predicted molar refractivity (Wildman–Crippen MR) is 123 cm³/mol. The number of para-hydroxylation sites is 1. The summed E-state index contributed by atoms with van der Waals surface area (Å²) >= 11 is 0. The standard InChI is InChI=1S/C26H28N2O3/c1-19(2)21-13-15-22(16-14-21)31-18-25(29)27-24-12-8-7-11-23(24)26(30)28(3)17-20-9-5-4-6-10-20/h4-16,19H,17-18H2,1-3H3,(H,27,29). The van der Waals surface area contributed by atoms with Gasteiger partial charge in [0.2, 0.25) is 0 Å². The number of carbonyl (C=O) groups excluding carboxylic acids is 2. The van der Waals surface area contributed by atoms with Gasteiger partial charge in [-0.2, -0.15) is 0 Å². The zero-order valence-corrected chi connectivity index (χ0v) is 18.2. The summed E-state index contributed by atoms with van der Waals surface area (Å²) in [6.45, 7) is 4.60. The fraction of sp³-hybridized carbons (Fsp3) is 0.231. The summed E-state index contributed by atoms with van der Waals surface area (Å²) in [6, 6.07) is 24.5. The van der Waals surface area contributed by atoms with Crippen LogP contribution in [0.15, 0.2) is 78.9 Å². The average molecular weight is 417 g/mol. The molecule has 0 aliphatic heterocycles. The van der Waals surface area contributed by atoms with Gasteiger partial charge in [0.05, 0.1) is 11.3 Å². The van der Waals surface area contributed by atoms with Crippen molar-refractivity contribution in [1.29, 1.82) is 0 Å². The van der Waals surface area contributed by atoms with Crippen molar-refractivity contribution in [2.24, 2.45) is 0 Å². The van der Waals surface area contributed by atoms with E-state index in [9.17, 15) is 9.59 Å². The Balaban J connectivity index is 1.61. The monoisotopic (exact) mass is 416 g/mol. The maximum Gasteiger partial charge on any atom is 0.262 e. The topological polar surface area (TPSA) is 58.6 Å². The van der Waals surface area contributed by atoms with Crippen molar-refractivity contribution in [2.75, 3.05) is 19.0 Å². The molecule has 160 valence electrons. The maximum absolute atomic E-state index is 13.0. The molecule has 0 atom stereocenters. The summed E-state index contributed by atoms with van der Waals surface area (Å²) in [5.74, 6) is 0.585. The SMILES string of the molecule is CC(C)c1ccc(OCC(=O)Nc2ccccc2C(=O)N(C)Cc2ccccc2)cc1. The first kappa shape index (κ1) is 22.1. The van der Waals surface area contributed by atoms with E-state index in [1.54, 1.807) is 36.2 Å². The second-order valence-corrected chi connectivity index (χ2v) is 7.75. The fourth-order valence-electron chi connectivity index (χ4n) is 3.20. The molecule has 0 fully saturated rings. The van der Waals surface area contributed by atoms with Crippen LogP contribution in [0.5, 0.6) is 5.75 Å². The molecule has 0 saturated carbocycles. The van der Waals surface area contributed by atoms with Crippen molar-refractivity contribution in [3.05, 3.63) is 95.6 Å². The minimum atomic E-state index is -0.320. The van der Waals surface area contributed by atoms with E-state index in [2.05, 4.69) is 19.2 Å². The summed E-state index contributed by atoms with van der Waals surface area (Å²) in [5, 5.41) is 2.80. The lowest BCUT2D eigenvalue weighted by Gasteiger charge is -2.19. The van der Waals surface area contributed by atoms with Gasteiger partial charge in [0.15, 0.2) is 6.61 Å². The van der Waals surface area contributed by atoms with Crippen LogP contribution in [-0.4, -0.2) is 30.4 Å². The first-order chi connectivity index (χ1) is 14.9. The summed E-state index contributed by atoms with van der Waals surface area (Å²) in [6.07, 6.45) is 0. The summed E-state index contributed by atoms with van der Waals surface area (Å²) in [4.78, 5) is 27.0. The molecule has 0 aliphatic carbocycles. The Morgan fingerprint density at radius 1 is 0.903 bits per heavy atom. The van der Waals surface area contributed by atoms with E-state index in [-0.39, 0.29) is 18.4 Å². The van der Waals surface area contributed by atoms with Crippen molar-refractivity contribution in [2.45, 2.75) is 26.3 Å². The zero-order valence-electron chi connectivity index (χ0n) is 18.2. The molecule has 3 aromatic rings. The Labute approximate surface area is 183 Å². The first-order valence-electron chi connectivity index (χ1n) is 10.3. The third kappa shape index (κ3) is 6.19. The van der Waals surface area contributed by atoms with Crippen molar-refractivity contribution >= 4 is 17.5 Å².